The van der Waals surface area contributed by atoms with Crippen LogP contribution in [0.25, 0.3) is 0 Å². The predicted octanol–water partition coefficient (Wildman–Crippen LogP) is 1.96. The number of rotatable bonds is 5. The standard InChI is InChI=1S/C20H20FN3O4/c1-13-3-6-15(11-17(13)21)24-10-9-23(19(26)20(24)27)12-18(25)22-14-4-7-16(28-2)8-5-14/h3-8,11H,9-10,12H2,1-2H3,(H,22,25). The quantitative estimate of drug-likeness (QED) is 0.798. The van der Waals surface area contributed by atoms with E-state index in [0.29, 0.717) is 22.7 Å². The maximum absolute atomic E-state index is 13.8. The van der Waals surface area contributed by atoms with Crippen LogP contribution >= 0.6 is 0 Å². The Balaban J connectivity index is 1.62. The molecule has 3 amide bonds. The summed E-state index contributed by atoms with van der Waals surface area (Å²) in [7, 11) is 1.54. The molecule has 1 aliphatic rings. The Morgan fingerprint density at radius 1 is 1.11 bits per heavy atom. The highest BCUT2D eigenvalue weighted by atomic mass is 19.1. The van der Waals surface area contributed by atoms with E-state index in [1.807, 2.05) is 0 Å². The minimum Gasteiger partial charge on any atom is -0.497 e. The Bertz CT molecular complexity index is 914. The summed E-state index contributed by atoms with van der Waals surface area (Å²) in [5.41, 5.74) is 1.33. The summed E-state index contributed by atoms with van der Waals surface area (Å²) < 4.78 is 18.8. The van der Waals surface area contributed by atoms with Crippen LogP contribution in [0.2, 0.25) is 0 Å². The number of hydrogen-bond donors (Lipinski definition) is 1. The first kappa shape index (κ1) is 19.3. The van der Waals surface area contributed by atoms with Gasteiger partial charge in [-0.2, -0.15) is 0 Å². The maximum atomic E-state index is 13.8. The van der Waals surface area contributed by atoms with E-state index < -0.39 is 23.5 Å². The molecule has 1 saturated heterocycles. The van der Waals surface area contributed by atoms with Crippen LogP contribution in [0.3, 0.4) is 0 Å². The molecule has 0 aliphatic carbocycles. The molecule has 0 bridgehead atoms. The van der Waals surface area contributed by atoms with E-state index in [2.05, 4.69) is 5.32 Å². The van der Waals surface area contributed by atoms with Gasteiger partial charge in [-0.05, 0) is 48.9 Å². The average molecular weight is 385 g/mol. The zero-order valence-corrected chi connectivity index (χ0v) is 15.6. The second-order valence-corrected chi connectivity index (χ2v) is 6.39. The van der Waals surface area contributed by atoms with E-state index in [0.717, 1.165) is 0 Å². The predicted molar refractivity (Wildman–Crippen MR) is 102 cm³/mol. The van der Waals surface area contributed by atoms with Gasteiger partial charge in [-0.3, -0.25) is 14.4 Å². The number of amides is 3. The van der Waals surface area contributed by atoms with Gasteiger partial charge in [-0.1, -0.05) is 6.07 Å². The second-order valence-electron chi connectivity index (χ2n) is 6.39. The number of aryl methyl sites for hydroxylation is 1. The van der Waals surface area contributed by atoms with Crippen LogP contribution in [0.1, 0.15) is 5.56 Å². The summed E-state index contributed by atoms with van der Waals surface area (Å²) in [5, 5.41) is 2.67. The molecular weight excluding hydrogens is 365 g/mol. The van der Waals surface area contributed by atoms with Crippen LogP contribution in [0.15, 0.2) is 42.5 Å². The summed E-state index contributed by atoms with van der Waals surface area (Å²) in [6, 6.07) is 11.1. The zero-order chi connectivity index (χ0) is 20.3. The molecule has 2 aromatic rings. The van der Waals surface area contributed by atoms with Gasteiger partial charge in [0.1, 0.15) is 18.1 Å². The van der Waals surface area contributed by atoms with Crippen LogP contribution in [-0.4, -0.2) is 49.4 Å². The summed E-state index contributed by atoms with van der Waals surface area (Å²) in [6.07, 6.45) is 0. The molecule has 8 heteroatoms. The van der Waals surface area contributed by atoms with Gasteiger partial charge in [0, 0.05) is 24.5 Å². The summed E-state index contributed by atoms with van der Waals surface area (Å²) in [4.78, 5) is 39.4. The van der Waals surface area contributed by atoms with Crippen molar-refractivity contribution in [2.45, 2.75) is 6.92 Å². The first-order valence-electron chi connectivity index (χ1n) is 8.70. The fraction of sp³-hybridized carbons (Fsp3) is 0.250. The van der Waals surface area contributed by atoms with E-state index in [1.165, 1.54) is 15.9 Å². The number of carbonyl (C=O) groups is 3. The van der Waals surface area contributed by atoms with Gasteiger partial charge in [0.2, 0.25) is 5.91 Å². The number of methoxy groups -OCH3 is 1. The Morgan fingerprint density at radius 3 is 2.46 bits per heavy atom. The van der Waals surface area contributed by atoms with Crippen LogP contribution in [0, 0.1) is 12.7 Å². The van der Waals surface area contributed by atoms with Crippen molar-refractivity contribution in [3.63, 3.8) is 0 Å². The smallest absolute Gasteiger partial charge is 0.316 e. The highest BCUT2D eigenvalue weighted by Crippen LogP contribution is 2.21. The van der Waals surface area contributed by atoms with Crippen LogP contribution in [0.4, 0.5) is 15.8 Å². The molecule has 1 aliphatic heterocycles. The van der Waals surface area contributed by atoms with Crippen molar-refractivity contribution in [2.24, 2.45) is 0 Å². The SMILES string of the molecule is COc1ccc(NC(=O)CN2CCN(c3ccc(C)c(F)c3)C(=O)C2=O)cc1. The molecule has 0 unspecified atom stereocenters. The third kappa shape index (κ3) is 4.11. The van der Waals surface area contributed by atoms with E-state index in [4.69, 9.17) is 4.74 Å². The Kier molecular flexibility index (Phi) is 5.58. The number of halogens is 1. The van der Waals surface area contributed by atoms with Crippen LogP contribution in [-0.2, 0) is 14.4 Å². The molecule has 2 aromatic carbocycles. The maximum Gasteiger partial charge on any atom is 0.316 e. The number of piperazine rings is 1. The monoisotopic (exact) mass is 385 g/mol. The third-order valence-corrected chi connectivity index (χ3v) is 4.48. The highest BCUT2D eigenvalue weighted by molar-refractivity contribution is 6.41. The largest absolute Gasteiger partial charge is 0.497 e. The molecule has 1 fully saturated rings. The summed E-state index contributed by atoms with van der Waals surface area (Å²) >= 11 is 0. The fourth-order valence-corrected chi connectivity index (χ4v) is 2.87. The number of benzene rings is 2. The third-order valence-electron chi connectivity index (χ3n) is 4.48. The lowest BCUT2D eigenvalue weighted by Crippen LogP contribution is -2.56. The molecule has 0 radical (unpaired) electrons. The van der Waals surface area contributed by atoms with Crippen molar-refractivity contribution in [1.82, 2.24) is 4.90 Å². The Morgan fingerprint density at radius 2 is 1.82 bits per heavy atom. The van der Waals surface area contributed by atoms with Crippen molar-refractivity contribution in [3.05, 3.63) is 53.8 Å². The van der Waals surface area contributed by atoms with Crippen molar-refractivity contribution < 1.29 is 23.5 Å². The molecule has 0 aromatic heterocycles. The van der Waals surface area contributed by atoms with Gasteiger partial charge in [-0.15, -0.1) is 0 Å². The van der Waals surface area contributed by atoms with Gasteiger partial charge in [0.25, 0.3) is 0 Å². The highest BCUT2D eigenvalue weighted by Gasteiger charge is 2.34. The molecule has 0 atom stereocenters. The number of anilines is 2. The summed E-state index contributed by atoms with van der Waals surface area (Å²) in [5.74, 6) is -1.79. The lowest BCUT2D eigenvalue weighted by Gasteiger charge is -2.33. The molecule has 0 saturated carbocycles. The van der Waals surface area contributed by atoms with Crippen molar-refractivity contribution in [1.29, 1.82) is 0 Å². The molecule has 1 N–H and O–H groups in total. The Labute approximate surface area is 161 Å². The molecule has 7 nitrogen and oxygen atoms in total. The van der Waals surface area contributed by atoms with Crippen molar-refractivity contribution >= 4 is 29.1 Å². The molecule has 1 heterocycles. The normalized spacial score (nSPS) is 14.2. The second kappa shape index (κ2) is 8.08. The van der Waals surface area contributed by atoms with E-state index in [-0.39, 0.29) is 19.6 Å². The van der Waals surface area contributed by atoms with Gasteiger partial charge >= 0.3 is 11.8 Å². The van der Waals surface area contributed by atoms with Crippen molar-refractivity contribution in [3.8, 4) is 5.75 Å². The number of nitrogens with one attached hydrogen (secondary N) is 1. The molecular formula is C20H20FN3O4. The number of hydrogen-bond acceptors (Lipinski definition) is 4. The minimum absolute atomic E-state index is 0.177. The van der Waals surface area contributed by atoms with Gasteiger partial charge in [-0.25, -0.2) is 4.39 Å². The number of nitrogens with zero attached hydrogens (tertiary/aromatic N) is 2. The van der Waals surface area contributed by atoms with Gasteiger partial charge in [0.05, 0.1) is 7.11 Å². The topological polar surface area (TPSA) is 79.0 Å². The molecule has 146 valence electrons. The van der Waals surface area contributed by atoms with E-state index in [9.17, 15) is 18.8 Å². The lowest BCUT2D eigenvalue weighted by atomic mass is 10.1. The van der Waals surface area contributed by atoms with Crippen LogP contribution in [0.5, 0.6) is 5.75 Å². The fourth-order valence-electron chi connectivity index (χ4n) is 2.87. The molecule has 0 spiro atoms. The first-order chi connectivity index (χ1) is 13.4. The number of carbonyl (C=O) groups excluding carboxylic acids is 3. The molecule has 3 rings (SSSR count). The summed E-state index contributed by atoms with van der Waals surface area (Å²) in [6.45, 7) is 1.73. The molecule has 28 heavy (non-hydrogen) atoms. The minimum atomic E-state index is -0.794. The van der Waals surface area contributed by atoms with E-state index in [1.54, 1.807) is 50.4 Å². The van der Waals surface area contributed by atoms with Gasteiger partial charge < -0.3 is 19.9 Å². The number of ether oxygens (including phenoxy) is 1. The zero-order valence-electron chi connectivity index (χ0n) is 15.6. The first-order valence-corrected chi connectivity index (χ1v) is 8.70. The van der Waals surface area contributed by atoms with Gasteiger partial charge in [0.15, 0.2) is 0 Å². The Hall–Kier alpha value is -3.42. The average Bonchev–Trinajstić information content (AvgIpc) is 2.68. The van der Waals surface area contributed by atoms with E-state index >= 15 is 0 Å². The van der Waals surface area contributed by atoms with Crippen molar-refractivity contribution in [2.75, 3.05) is 37.0 Å². The lowest BCUT2D eigenvalue weighted by molar-refractivity contribution is -0.147. The van der Waals surface area contributed by atoms with Crippen LogP contribution < -0.4 is 15.0 Å².